The molecule has 1 atom stereocenters. The number of carbonyl (C=O) groups excluding carboxylic acids is 2. The summed E-state index contributed by atoms with van der Waals surface area (Å²) in [5, 5.41) is 2.74. The number of anilines is 1. The molecule has 0 aromatic heterocycles. The van der Waals surface area contributed by atoms with Gasteiger partial charge in [-0.25, -0.2) is 13.2 Å². The molecular weight excluding hydrogens is 492 g/mol. The van der Waals surface area contributed by atoms with Crippen LogP contribution in [0.2, 0.25) is 0 Å². The highest BCUT2D eigenvalue weighted by molar-refractivity contribution is 7.89. The number of hydrogen-bond donors (Lipinski definition) is 2. The summed E-state index contributed by atoms with van der Waals surface area (Å²) in [6, 6.07) is 20.3. The first-order valence-corrected chi connectivity index (χ1v) is 13.7. The van der Waals surface area contributed by atoms with Gasteiger partial charge in [0, 0.05) is 5.69 Å². The number of amides is 1. The maximum absolute atomic E-state index is 13.2. The van der Waals surface area contributed by atoms with E-state index < -0.39 is 27.9 Å². The van der Waals surface area contributed by atoms with Gasteiger partial charge in [0.25, 0.3) is 0 Å². The third-order valence-corrected chi connectivity index (χ3v) is 6.95. The highest BCUT2D eigenvalue weighted by atomic mass is 32.2. The van der Waals surface area contributed by atoms with Crippen molar-refractivity contribution in [3.63, 3.8) is 0 Å². The van der Waals surface area contributed by atoms with E-state index in [1.165, 1.54) is 12.1 Å². The smallest absolute Gasteiger partial charge is 0.338 e. The zero-order valence-electron chi connectivity index (χ0n) is 21.0. The summed E-state index contributed by atoms with van der Waals surface area (Å²) in [4.78, 5) is 25.3. The third kappa shape index (κ3) is 8.44. The SMILES string of the molecule is CCCCOC(=O)c1ccc(NC(=O)[C@@H](Cc2ccccc2)NS(=O)(=O)c2ccc(OCC)cc2)cc1. The van der Waals surface area contributed by atoms with E-state index in [1.54, 1.807) is 36.4 Å². The third-order valence-electron chi connectivity index (χ3n) is 5.46. The minimum absolute atomic E-state index is 0.0211. The van der Waals surface area contributed by atoms with Crippen molar-refractivity contribution in [2.45, 2.75) is 44.0 Å². The Morgan fingerprint density at radius 3 is 2.19 bits per heavy atom. The van der Waals surface area contributed by atoms with Gasteiger partial charge in [-0.05, 0) is 73.9 Å². The van der Waals surface area contributed by atoms with Crippen LogP contribution in [0.4, 0.5) is 5.69 Å². The first kappa shape index (κ1) is 27.9. The van der Waals surface area contributed by atoms with Gasteiger partial charge in [-0.2, -0.15) is 4.72 Å². The minimum Gasteiger partial charge on any atom is -0.494 e. The molecule has 3 rings (SSSR count). The molecule has 1 amide bonds. The topological polar surface area (TPSA) is 111 Å². The highest BCUT2D eigenvalue weighted by Crippen LogP contribution is 2.18. The van der Waals surface area contributed by atoms with Crippen LogP contribution in [0.5, 0.6) is 5.75 Å². The normalized spacial score (nSPS) is 11.9. The second kappa shape index (κ2) is 13.6. The molecule has 8 nitrogen and oxygen atoms in total. The number of hydrogen-bond acceptors (Lipinski definition) is 6. The van der Waals surface area contributed by atoms with E-state index in [0.717, 1.165) is 18.4 Å². The van der Waals surface area contributed by atoms with Crippen molar-refractivity contribution in [1.82, 2.24) is 4.72 Å². The Morgan fingerprint density at radius 2 is 1.57 bits per heavy atom. The Bertz CT molecular complexity index is 1260. The molecule has 196 valence electrons. The Kier molecular flexibility index (Phi) is 10.2. The molecule has 37 heavy (non-hydrogen) atoms. The van der Waals surface area contributed by atoms with Crippen LogP contribution in [0.3, 0.4) is 0 Å². The van der Waals surface area contributed by atoms with Crippen LogP contribution >= 0.6 is 0 Å². The average molecular weight is 525 g/mol. The van der Waals surface area contributed by atoms with E-state index >= 15 is 0 Å². The van der Waals surface area contributed by atoms with Crippen LogP contribution in [0.15, 0.2) is 83.8 Å². The molecule has 0 aliphatic rings. The number of esters is 1. The van der Waals surface area contributed by atoms with Gasteiger partial charge in [0.15, 0.2) is 0 Å². The number of unbranched alkanes of at least 4 members (excludes halogenated alkanes) is 1. The van der Waals surface area contributed by atoms with Gasteiger partial charge >= 0.3 is 5.97 Å². The quantitative estimate of drug-likeness (QED) is 0.250. The number of ether oxygens (including phenoxy) is 2. The summed E-state index contributed by atoms with van der Waals surface area (Å²) in [7, 11) is -4.01. The van der Waals surface area contributed by atoms with Gasteiger partial charge in [-0.1, -0.05) is 43.7 Å². The monoisotopic (exact) mass is 524 g/mol. The standard InChI is InChI=1S/C28H32N2O6S/c1-3-5-19-36-28(32)22-11-13-23(14-12-22)29-27(31)26(20-21-9-7-6-8-10-21)30-37(33,34)25-17-15-24(16-18-25)35-4-2/h6-18,26,30H,3-5,19-20H2,1-2H3,(H,29,31)/t26-/m1/s1. The van der Waals surface area contributed by atoms with Crippen LogP contribution in [-0.4, -0.2) is 39.5 Å². The largest absolute Gasteiger partial charge is 0.494 e. The Hall–Kier alpha value is -3.69. The maximum Gasteiger partial charge on any atom is 0.338 e. The van der Waals surface area contributed by atoms with Crippen molar-refractivity contribution < 1.29 is 27.5 Å². The fourth-order valence-corrected chi connectivity index (χ4v) is 4.68. The average Bonchev–Trinajstić information content (AvgIpc) is 2.90. The molecule has 2 N–H and O–H groups in total. The molecular formula is C28H32N2O6S. The van der Waals surface area contributed by atoms with Gasteiger partial charge in [-0.3, -0.25) is 4.79 Å². The number of sulfonamides is 1. The van der Waals surface area contributed by atoms with E-state index in [2.05, 4.69) is 10.0 Å². The van der Waals surface area contributed by atoms with Crippen LogP contribution < -0.4 is 14.8 Å². The Balaban J connectivity index is 1.75. The van der Waals surface area contributed by atoms with Crippen molar-refractivity contribution in [3.05, 3.63) is 90.0 Å². The van der Waals surface area contributed by atoms with Gasteiger partial charge in [0.1, 0.15) is 11.8 Å². The maximum atomic E-state index is 13.2. The number of carbonyl (C=O) groups is 2. The molecule has 0 unspecified atom stereocenters. The van der Waals surface area contributed by atoms with E-state index in [-0.39, 0.29) is 11.3 Å². The summed E-state index contributed by atoms with van der Waals surface area (Å²) in [6.45, 7) is 4.66. The molecule has 0 bridgehead atoms. The van der Waals surface area contributed by atoms with Crippen molar-refractivity contribution in [3.8, 4) is 5.75 Å². The summed E-state index contributed by atoms with van der Waals surface area (Å²) in [5.74, 6) is -0.411. The van der Waals surface area contributed by atoms with Crippen LogP contribution in [0.1, 0.15) is 42.6 Å². The van der Waals surface area contributed by atoms with Gasteiger partial charge in [0.05, 0.1) is 23.7 Å². The lowest BCUT2D eigenvalue weighted by Gasteiger charge is -2.19. The Morgan fingerprint density at radius 1 is 0.892 bits per heavy atom. The van der Waals surface area contributed by atoms with E-state index in [0.29, 0.717) is 30.2 Å². The summed E-state index contributed by atoms with van der Waals surface area (Å²) in [5.41, 5.74) is 1.58. The fourth-order valence-electron chi connectivity index (χ4n) is 3.49. The first-order chi connectivity index (χ1) is 17.8. The molecule has 9 heteroatoms. The van der Waals surface area contributed by atoms with Gasteiger partial charge in [0.2, 0.25) is 15.9 Å². The fraction of sp³-hybridized carbons (Fsp3) is 0.286. The number of rotatable bonds is 13. The molecule has 0 aliphatic heterocycles. The Labute approximate surface area is 218 Å². The summed E-state index contributed by atoms with van der Waals surface area (Å²) in [6.07, 6.45) is 1.85. The summed E-state index contributed by atoms with van der Waals surface area (Å²) >= 11 is 0. The summed E-state index contributed by atoms with van der Waals surface area (Å²) < 4.78 is 39.3. The molecule has 0 fully saturated rings. The molecule has 0 spiro atoms. The lowest BCUT2D eigenvalue weighted by atomic mass is 10.1. The zero-order chi connectivity index (χ0) is 26.7. The van der Waals surface area contributed by atoms with Crippen LogP contribution in [-0.2, 0) is 26.0 Å². The van der Waals surface area contributed by atoms with Gasteiger partial charge in [-0.15, -0.1) is 0 Å². The zero-order valence-corrected chi connectivity index (χ0v) is 21.8. The predicted molar refractivity (Wildman–Crippen MR) is 142 cm³/mol. The van der Waals surface area contributed by atoms with Crippen LogP contribution in [0, 0.1) is 0 Å². The minimum atomic E-state index is -4.01. The lowest BCUT2D eigenvalue weighted by molar-refractivity contribution is -0.117. The molecule has 0 saturated heterocycles. The van der Waals surface area contributed by atoms with Crippen molar-refractivity contribution in [1.29, 1.82) is 0 Å². The molecule has 0 aliphatic carbocycles. The molecule has 0 saturated carbocycles. The van der Waals surface area contributed by atoms with Crippen LogP contribution in [0.25, 0.3) is 0 Å². The second-order valence-corrected chi connectivity index (χ2v) is 10.0. The lowest BCUT2D eigenvalue weighted by Crippen LogP contribution is -2.45. The van der Waals surface area contributed by atoms with Crippen molar-refractivity contribution in [2.75, 3.05) is 18.5 Å². The van der Waals surface area contributed by atoms with E-state index in [1.807, 2.05) is 44.2 Å². The predicted octanol–water partition coefficient (Wildman–Crippen LogP) is 4.57. The first-order valence-electron chi connectivity index (χ1n) is 12.2. The molecule has 0 heterocycles. The van der Waals surface area contributed by atoms with Crippen molar-refractivity contribution in [2.24, 2.45) is 0 Å². The molecule has 3 aromatic rings. The molecule has 0 radical (unpaired) electrons. The number of benzene rings is 3. The second-order valence-electron chi connectivity index (χ2n) is 8.32. The highest BCUT2D eigenvalue weighted by Gasteiger charge is 2.26. The van der Waals surface area contributed by atoms with E-state index in [4.69, 9.17) is 9.47 Å². The number of nitrogens with one attached hydrogen (secondary N) is 2. The van der Waals surface area contributed by atoms with Crippen molar-refractivity contribution >= 4 is 27.6 Å². The molecule has 3 aromatic carbocycles. The van der Waals surface area contributed by atoms with E-state index in [9.17, 15) is 18.0 Å². The van der Waals surface area contributed by atoms with Gasteiger partial charge < -0.3 is 14.8 Å².